The van der Waals surface area contributed by atoms with Crippen LogP contribution in [0.4, 0.5) is 0 Å². The van der Waals surface area contributed by atoms with Crippen LogP contribution in [-0.2, 0) is 6.73 Å². The van der Waals surface area contributed by atoms with E-state index >= 15 is 0 Å². The van der Waals surface area contributed by atoms with Crippen molar-refractivity contribution in [3.63, 3.8) is 0 Å². The van der Waals surface area contributed by atoms with Gasteiger partial charge in [-0.15, -0.1) is 0 Å². The molecule has 0 bridgehead atoms. The zero-order valence-corrected chi connectivity index (χ0v) is 9.78. The molecule has 1 aromatic carbocycles. The Bertz CT molecular complexity index is 622. The minimum absolute atomic E-state index is 0.0192. The lowest BCUT2D eigenvalue weighted by atomic mass is 10.3. The maximum atomic E-state index is 10.7. The Morgan fingerprint density at radius 3 is 3.00 bits per heavy atom. The maximum Gasteiger partial charge on any atom is 0.356 e. The van der Waals surface area contributed by atoms with Gasteiger partial charge in [0, 0.05) is 12.3 Å². The second-order valence-corrected chi connectivity index (χ2v) is 3.83. The first kappa shape index (κ1) is 11.4. The van der Waals surface area contributed by atoms with Gasteiger partial charge < -0.3 is 19.3 Å². The Balaban J connectivity index is 1.67. The third kappa shape index (κ3) is 2.30. The lowest BCUT2D eigenvalue weighted by Crippen LogP contribution is -2.07. The van der Waals surface area contributed by atoms with E-state index in [-0.39, 0.29) is 19.2 Å². The quantitative estimate of drug-likeness (QED) is 0.895. The van der Waals surface area contributed by atoms with E-state index in [1.54, 1.807) is 18.2 Å². The highest BCUT2D eigenvalue weighted by Gasteiger charge is 2.13. The van der Waals surface area contributed by atoms with Crippen molar-refractivity contribution in [3.8, 4) is 17.2 Å². The Morgan fingerprint density at radius 2 is 2.21 bits per heavy atom. The molecule has 7 nitrogen and oxygen atoms in total. The van der Waals surface area contributed by atoms with Gasteiger partial charge in [0.25, 0.3) is 0 Å². The highest BCUT2D eigenvalue weighted by atomic mass is 16.7. The molecule has 1 aliphatic rings. The fourth-order valence-electron chi connectivity index (χ4n) is 1.65. The smallest absolute Gasteiger partial charge is 0.356 e. The molecule has 2 aromatic rings. The first-order chi connectivity index (χ1) is 9.22. The summed E-state index contributed by atoms with van der Waals surface area (Å²) in [5.74, 6) is 0.835. The van der Waals surface area contributed by atoms with E-state index in [0.29, 0.717) is 17.2 Å². The Labute approximate surface area is 107 Å². The first-order valence-corrected chi connectivity index (χ1v) is 5.51. The number of aromatic nitrogens is 2. The number of benzene rings is 1. The fourth-order valence-corrected chi connectivity index (χ4v) is 1.65. The van der Waals surface area contributed by atoms with Crippen molar-refractivity contribution < 1.29 is 24.1 Å². The van der Waals surface area contributed by atoms with Crippen LogP contribution >= 0.6 is 0 Å². The van der Waals surface area contributed by atoms with Crippen molar-refractivity contribution in [2.75, 3.05) is 6.79 Å². The molecule has 0 aliphatic carbocycles. The molecule has 98 valence electrons. The summed E-state index contributed by atoms with van der Waals surface area (Å²) in [7, 11) is 0. The van der Waals surface area contributed by atoms with Gasteiger partial charge in [-0.05, 0) is 18.2 Å². The standard InChI is InChI=1S/C12H10N2O5/c15-12(16)9-3-4-14(13-9)6-17-8-1-2-10-11(5-8)19-7-18-10/h1-5H,6-7H2,(H,15,16). The number of hydrogen-bond donors (Lipinski definition) is 1. The van der Waals surface area contributed by atoms with E-state index in [1.807, 2.05) is 0 Å². The summed E-state index contributed by atoms with van der Waals surface area (Å²) in [4.78, 5) is 10.7. The summed E-state index contributed by atoms with van der Waals surface area (Å²) in [5, 5.41) is 12.6. The molecule has 3 rings (SSSR count). The molecule has 0 radical (unpaired) electrons. The number of hydrogen-bond acceptors (Lipinski definition) is 5. The van der Waals surface area contributed by atoms with Crippen molar-refractivity contribution in [2.45, 2.75) is 6.73 Å². The van der Waals surface area contributed by atoms with Crippen LogP contribution < -0.4 is 14.2 Å². The highest BCUT2D eigenvalue weighted by Crippen LogP contribution is 2.35. The fraction of sp³-hybridized carbons (Fsp3) is 0.167. The van der Waals surface area contributed by atoms with Gasteiger partial charge in [0.15, 0.2) is 23.9 Å². The molecule has 0 saturated heterocycles. The lowest BCUT2D eigenvalue weighted by molar-refractivity contribution is 0.0688. The average Bonchev–Trinajstić information content (AvgIpc) is 3.04. The Hall–Kier alpha value is -2.70. The van der Waals surface area contributed by atoms with Crippen LogP contribution in [0.5, 0.6) is 17.2 Å². The summed E-state index contributed by atoms with van der Waals surface area (Å²) >= 11 is 0. The van der Waals surface area contributed by atoms with E-state index in [9.17, 15) is 4.79 Å². The molecular weight excluding hydrogens is 252 g/mol. The Kier molecular flexibility index (Phi) is 2.71. The number of carboxylic acids is 1. The summed E-state index contributed by atoms with van der Waals surface area (Å²) in [6, 6.07) is 6.62. The van der Waals surface area contributed by atoms with Crippen LogP contribution in [0, 0.1) is 0 Å². The summed E-state index contributed by atoms with van der Waals surface area (Å²) in [5.41, 5.74) is -0.0192. The van der Waals surface area contributed by atoms with Crippen LogP contribution in [0.1, 0.15) is 10.5 Å². The van der Waals surface area contributed by atoms with Gasteiger partial charge in [-0.2, -0.15) is 5.10 Å². The largest absolute Gasteiger partial charge is 0.476 e. The van der Waals surface area contributed by atoms with Crippen LogP contribution in [-0.4, -0.2) is 27.6 Å². The van der Waals surface area contributed by atoms with Crippen molar-refractivity contribution in [1.29, 1.82) is 0 Å². The van der Waals surface area contributed by atoms with Crippen molar-refractivity contribution in [1.82, 2.24) is 9.78 Å². The van der Waals surface area contributed by atoms with E-state index < -0.39 is 5.97 Å². The molecular formula is C12H10N2O5. The number of fused-ring (bicyclic) bond motifs is 1. The van der Waals surface area contributed by atoms with Crippen LogP contribution in [0.25, 0.3) is 0 Å². The van der Waals surface area contributed by atoms with E-state index in [0.717, 1.165) is 0 Å². The molecule has 0 fully saturated rings. The van der Waals surface area contributed by atoms with Crippen LogP contribution in [0.3, 0.4) is 0 Å². The summed E-state index contributed by atoms with van der Waals surface area (Å²) in [6.45, 7) is 0.326. The predicted octanol–water partition coefficient (Wildman–Crippen LogP) is 1.35. The molecule has 0 saturated carbocycles. The molecule has 1 N–H and O–H groups in total. The second kappa shape index (κ2) is 4.52. The van der Waals surface area contributed by atoms with E-state index in [2.05, 4.69) is 5.10 Å². The lowest BCUT2D eigenvalue weighted by Gasteiger charge is -2.06. The number of ether oxygens (including phenoxy) is 3. The van der Waals surface area contributed by atoms with Gasteiger partial charge in [0.2, 0.25) is 6.79 Å². The highest BCUT2D eigenvalue weighted by molar-refractivity contribution is 5.84. The topological polar surface area (TPSA) is 82.8 Å². The predicted molar refractivity (Wildman–Crippen MR) is 62.4 cm³/mol. The normalized spacial score (nSPS) is 12.4. The SMILES string of the molecule is O=C(O)c1ccn(COc2ccc3c(c2)OCO3)n1. The van der Waals surface area contributed by atoms with Gasteiger partial charge in [0.1, 0.15) is 5.75 Å². The molecule has 0 unspecified atom stereocenters. The number of nitrogens with zero attached hydrogens (tertiary/aromatic N) is 2. The maximum absolute atomic E-state index is 10.7. The molecule has 1 aromatic heterocycles. The van der Waals surface area contributed by atoms with E-state index in [1.165, 1.54) is 16.9 Å². The third-order valence-electron chi connectivity index (χ3n) is 2.57. The minimum Gasteiger partial charge on any atom is -0.476 e. The zero-order chi connectivity index (χ0) is 13.2. The summed E-state index contributed by atoms with van der Waals surface area (Å²) < 4.78 is 17.3. The van der Waals surface area contributed by atoms with Crippen LogP contribution in [0.15, 0.2) is 30.5 Å². The number of carboxylic acid groups (broad SMARTS) is 1. The summed E-state index contributed by atoms with van der Waals surface area (Å²) in [6.07, 6.45) is 1.54. The minimum atomic E-state index is -1.07. The van der Waals surface area contributed by atoms with E-state index in [4.69, 9.17) is 19.3 Å². The first-order valence-electron chi connectivity index (χ1n) is 5.51. The van der Waals surface area contributed by atoms with Crippen LogP contribution in [0.2, 0.25) is 0 Å². The van der Waals surface area contributed by atoms with Crippen molar-refractivity contribution in [2.24, 2.45) is 0 Å². The number of rotatable bonds is 4. The van der Waals surface area contributed by atoms with Crippen molar-refractivity contribution >= 4 is 5.97 Å². The third-order valence-corrected chi connectivity index (χ3v) is 2.57. The monoisotopic (exact) mass is 262 g/mol. The molecule has 1 aliphatic heterocycles. The molecule has 0 spiro atoms. The van der Waals surface area contributed by atoms with Crippen molar-refractivity contribution in [3.05, 3.63) is 36.2 Å². The number of carbonyl (C=O) groups is 1. The molecule has 2 heterocycles. The number of aromatic carboxylic acids is 1. The molecule has 0 amide bonds. The van der Waals surface area contributed by atoms with Gasteiger partial charge in [0.05, 0.1) is 0 Å². The second-order valence-electron chi connectivity index (χ2n) is 3.83. The molecule has 7 heteroatoms. The zero-order valence-electron chi connectivity index (χ0n) is 9.78. The van der Waals surface area contributed by atoms with Gasteiger partial charge in [-0.3, -0.25) is 0 Å². The Morgan fingerprint density at radius 1 is 1.37 bits per heavy atom. The molecule has 0 atom stereocenters. The van der Waals surface area contributed by atoms with Gasteiger partial charge in [-0.25, -0.2) is 9.48 Å². The van der Waals surface area contributed by atoms with Gasteiger partial charge >= 0.3 is 5.97 Å². The molecule has 19 heavy (non-hydrogen) atoms. The van der Waals surface area contributed by atoms with Gasteiger partial charge in [-0.1, -0.05) is 0 Å². The average molecular weight is 262 g/mol.